The smallest absolute Gasteiger partial charge is 0.239 e. The molecule has 0 aliphatic carbocycles. The third-order valence-electron chi connectivity index (χ3n) is 2.57. The molecule has 1 unspecified atom stereocenters. The van der Waals surface area contributed by atoms with Gasteiger partial charge >= 0.3 is 0 Å². The van der Waals surface area contributed by atoms with Crippen LogP contribution in [0, 0.1) is 5.92 Å². The molecule has 96 valence electrons. The number of carbonyl (C=O) groups excluding carboxylic acids is 1. The predicted molar refractivity (Wildman–Crippen MR) is 66.0 cm³/mol. The zero-order chi connectivity index (χ0) is 12.6. The minimum absolute atomic E-state index is 0.0256. The number of hydrogen-bond donors (Lipinski definition) is 2. The van der Waals surface area contributed by atoms with E-state index in [1.807, 2.05) is 0 Å². The van der Waals surface area contributed by atoms with E-state index in [0.29, 0.717) is 5.92 Å². The van der Waals surface area contributed by atoms with Gasteiger partial charge in [-0.2, -0.15) is 0 Å². The van der Waals surface area contributed by atoms with Crippen LogP contribution in [0.1, 0.15) is 39.5 Å². The van der Waals surface area contributed by atoms with Gasteiger partial charge in [-0.1, -0.05) is 13.8 Å². The Morgan fingerprint density at radius 2 is 1.94 bits per heavy atom. The molecule has 0 aromatic heterocycles. The average molecular weight is 230 g/mol. The van der Waals surface area contributed by atoms with Crippen molar-refractivity contribution in [2.75, 3.05) is 20.2 Å². The summed E-state index contributed by atoms with van der Waals surface area (Å²) in [4.78, 5) is 13.5. The van der Waals surface area contributed by atoms with Crippen molar-refractivity contribution in [2.45, 2.75) is 45.6 Å². The molecule has 0 aromatic carbocycles. The summed E-state index contributed by atoms with van der Waals surface area (Å²) in [5, 5.41) is 8.63. The van der Waals surface area contributed by atoms with Gasteiger partial charge in [-0.15, -0.1) is 0 Å². The van der Waals surface area contributed by atoms with Gasteiger partial charge in [0.15, 0.2) is 0 Å². The van der Waals surface area contributed by atoms with Crippen molar-refractivity contribution in [2.24, 2.45) is 11.7 Å². The molecule has 4 heteroatoms. The van der Waals surface area contributed by atoms with E-state index in [9.17, 15) is 4.79 Å². The van der Waals surface area contributed by atoms with Crippen molar-refractivity contribution in [1.82, 2.24) is 4.90 Å². The summed E-state index contributed by atoms with van der Waals surface area (Å²) in [7, 11) is 1.79. The number of nitrogens with two attached hydrogens (primary N) is 1. The summed E-state index contributed by atoms with van der Waals surface area (Å²) in [5.41, 5.74) is 5.82. The Morgan fingerprint density at radius 1 is 1.31 bits per heavy atom. The number of aliphatic hydroxyl groups excluding tert-OH is 1. The highest BCUT2D eigenvalue weighted by atomic mass is 16.2. The normalized spacial score (nSPS) is 12.9. The Balaban J connectivity index is 3.79. The van der Waals surface area contributed by atoms with E-state index in [0.717, 1.165) is 32.2 Å². The number of amides is 1. The summed E-state index contributed by atoms with van der Waals surface area (Å²) in [6, 6.07) is -0.372. The Hall–Kier alpha value is -0.610. The molecule has 0 aliphatic rings. The molecule has 0 spiro atoms. The molecule has 1 amide bonds. The van der Waals surface area contributed by atoms with Gasteiger partial charge < -0.3 is 15.7 Å². The number of nitrogens with zero attached hydrogens (tertiary/aromatic N) is 1. The van der Waals surface area contributed by atoms with Crippen LogP contribution in [0.4, 0.5) is 0 Å². The summed E-state index contributed by atoms with van der Waals surface area (Å²) in [6.07, 6.45) is 3.42. The monoisotopic (exact) mass is 230 g/mol. The first-order chi connectivity index (χ1) is 7.49. The number of rotatable bonds is 8. The average Bonchev–Trinajstić information content (AvgIpc) is 2.22. The number of carbonyl (C=O) groups is 1. The molecule has 0 bridgehead atoms. The first-order valence-corrected chi connectivity index (χ1v) is 6.10. The number of hydrogen-bond acceptors (Lipinski definition) is 3. The molecule has 0 radical (unpaired) electrons. The summed E-state index contributed by atoms with van der Waals surface area (Å²) in [5.74, 6) is 0.472. The molecule has 3 N–H and O–H groups in total. The van der Waals surface area contributed by atoms with Crippen LogP contribution in [-0.4, -0.2) is 42.2 Å². The van der Waals surface area contributed by atoms with Crippen molar-refractivity contribution in [1.29, 1.82) is 0 Å². The van der Waals surface area contributed by atoms with Crippen molar-refractivity contribution in [3.8, 4) is 0 Å². The maximum Gasteiger partial charge on any atom is 0.239 e. The minimum Gasteiger partial charge on any atom is -0.396 e. The summed E-state index contributed by atoms with van der Waals surface area (Å²) >= 11 is 0. The molecule has 0 saturated carbocycles. The van der Waals surface area contributed by atoms with Crippen LogP contribution in [0.2, 0.25) is 0 Å². The highest BCUT2D eigenvalue weighted by molar-refractivity contribution is 5.81. The van der Waals surface area contributed by atoms with Gasteiger partial charge in [-0.3, -0.25) is 4.79 Å². The van der Waals surface area contributed by atoms with Gasteiger partial charge in [0.25, 0.3) is 0 Å². The minimum atomic E-state index is -0.372. The second kappa shape index (κ2) is 8.53. The second-order valence-electron chi connectivity index (χ2n) is 4.78. The van der Waals surface area contributed by atoms with Gasteiger partial charge in [0.05, 0.1) is 6.04 Å². The molecule has 0 aliphatic heterocycles. The fourth-order valence-corrected chi connectivity index (χ4v) is 1.64. The molecular formula is C12H26N2O2. The maximum atomic E-state index is 11.8. The van der Waals surface area contributed by atoms with Crippen LogP contribution in [0.3, 0.4) is 0 Å². The molecule has 0 rings (SSSR count). The lowest BCUT2D eigenvalue weighted by Crippen LogP contribution is -2.42. The van der Waals surface area contributed by atoms with Crippen LogP contribution >= 0.6 is 0 Å². The van der Waals surface area contributed by atoms with Crippen molar-refractivity contribution in [3.63, 3.8) is 0 Å². The third kappa shape index (κ3) is 6.80. The lowest BCUT2D eigenvalue weighted by molar-refractivity contribution is -0.131. The highest BCUT2D eigenvalue weighted by Crippen LogP contribution is 2.06. The SMILES string of the molecule is CC(C)CC(N)C(=O)N(C)CCCCCO. The molecular weight excluding hydrogens is 204 g/mol. The van der Waals surface area contributed by atoms with Gasteiger partial charge in [0, 0.05) is 20.2 Å². The second-order valence-corrected chi connectivity index (χ2v) is 4.78. The standard InChI is InChI=1S/C12H26N2O2/c1-10(2)9-11(13)12(16)14(3)7-5-4-6-8-15/h10-11,15H,4-9,13H2,1-3H3. The number of unbranched alkanes of at least 4 members (excludes halogenated alkanes) is 2. The third-order valence-corrected chi connectivity index (χ3v) is 2.57. The molecule has 4 nitrogen and oxygen atoms in total. The van der Waals surface area contributed by atoms with E-state index < -0.39 is 0 Å². The Labute approximate surface area is 98.8 Å². The van der Waals surface area contributed by atoms with E-state index in [1.165, 1.54) is 0 Å². The number of aliphatic hydroxyl groups is 1. The summed E-state index contributed by atoms with van der Waals surface area (Å²) < 4.78 is 0. The first-order valence-electron chi connectivity index (χ1n) is 6.10. The largest absolute Gasteiger partial charge is 0.396 e. The van der Waals surface area contributed by atoms with Crippen molar-refractivity contribution in [3.05, 3.63) is 0 Å². The molecule has 0 fully saturated rings. The van der Waals surface area contributed by atoms with Gasteiger partial charge in [-0.25, -0.2) is 0 Å². The fourth-order valence-electron chi connectivity index (χ4n) is 1.64. The molecule has 0 aromatic rings. The lowest BCUT2D eigenvalue weighted by Gasteiger charge is -2.22. The maximum absolute atomic E-state index is 11.8. The Kier molecular flexibility index (Phi) is 8.21. The quantitative estimate of drug-likeness (QED) is 0.611. The molecule has 1 atom stereocenters. The van der Waals surface area contributed by atoms with Gasteiger partial charge in [0.2, 0.25) is 5.91 Å². The van der Waals surface area contributed by atoms with E-state index in [1.54, 1.807) is 11.9 Å². The fraction of sp³-hybridized carbons (Fsp3) is 0.917. The molecule has 16 heavy (non-hydrogen) atoms. The molecule has 0 saturated heterocycles. The van der Waals surface area contributed by atoms with E-state index in [4.69, 9.17) is 10.8 Å². The van der Waals surface area contributed by atoms with Crippen LogP contribution < -0.4 is 5.73 Å². The predicted octanol–water partition coefficient (Wildman–Crippen LogP) is 0.981. The van der Waals surface area contributed by atoms with Crippen LogP contribution in [0.5, 0.6) is 0 Å². The van der Waals surface area contributed by atoms with Crippen LogP contribution in [-0.2, 0) is 4.79 Å². The van der Waals surface area contributed by atoms with Crippen LogP contribution in [0.25, 0.3) is 0 Å². The zero-order valence-electron chi connectivity index (χ0n) is 10.8. The van der Waals surface area contributed by atoms with Gasteiger partial charge in [-0.05, 0) is 31.6 Å². The van der Waals surface area contributed by atoms with E-state index >= 15 is 0 Å². The van der Waals surface area contributed by atoms with Crippen LogP contribution in [0.15, 0.2) is 0 Å². The van der Waals surface area contributed by atoms with E-state index in [-0.39, 0.29) is 18.6 Å². The van der Waals surface area contributed by atoms with Gasteiger partial charge in [0.1, 0.15) is 0 Å². The Bertz CT molecular complexity index is 195. The number of likely N-dealkylation sites (N-methyl/N-ethyl adjacent to an activating group) is 1. The van der Waals surface area contributed by atoms with E-state index in [2.05, 4.69) is 13.8 Å². The zero-order valence-corrected chi connectivity index (χ0v) is 10.8. The topological polar surface area (TPSA) is 66.6 Å². The highest BCUT2D eigenvalue weighted by Gasteiger charge is 2.18. The van der Waals surface area contributed by atoms with Crippen molar-refractivity contribution >= 4 is 5.91 Å². The van der Waals surface area contributed by atoms with Crippen molar-refractivity contribution < 1.29 is 9.90 Å². The first kappa shape index (κ1) is 15.4. The Morgan fingerprint density at radius 3 is 2.44 bits per heavy atom. The summed E-state index contributed by atoms with van der Waals surface area (Å²) in [6.45, 7) is 5.08. The lowest BCUT2D eigenvalue weighted by atomic mass is 10.0. The molecule has 0 heterocycles.